The molecular weight excluding hydrogens is 338 g/mol. The average molecular weight is 357 g/mol. The van der Waals surface area contributed by atoms with Gasteiger partial charge in [-0.25, -0.2) is 4.79 Å². The third-order valence-electron chi connectivity index (χ3n) is 2.96. The molecular formula is C15H19NO7S. The second kappa shape index (κ2) is 9.02. The molecule has 132 valence electrons. The van der Waals surface area contributed by atoms with Gasteiger partial charge in [0, 0.05) is 18.2 Å². The number of phenolic OH excluding ortho intramolecular Hbond substituents is 1. The second-order valence-corrected chi connectivity index (χ2v) is 5.60. The summed E-state index contributed by atoms with van der Waals surface area (Å²) in [5.74, 6) is -1.10. The first-order chi connectivity index (χ1) is 11.3. The van der Waals surface area contributed by atoms with Crippen molar-refractivity contribution < 1.29 is 33.7 Å². The van der Waals surface area contributed by atoms with Crippen molar-refractivity contribution >= 4 is 28.8 Å². The highest BCUT2D eigenvalue weighted by molar-refractivity contribution is 8.14. The lowest BCUT2D eigenvalue weighted by Gasteiger charge is -2.15. The Hall–Kier alpha value is -2.42. The average Bonchev–Trinajstić information content (AvgIpc) is 2.57. The Morgan fingerprint density at radius 2 is 1.71 bits per heavy atom. The van der Waals surface area contributed by atoms with Crippen molar-refractivity contribution in [1.29, 1.82) is 0 Å². The van der Waals surface area contributed by atoms with E-state index in [9.17, 15) is 19.5 Å². The summed E-state index contributed by atoms with van der Waals surface area (Å²) in [6.07, 6.45) is 0. The van der Waals surface area contributed by atoms with Gasteiger partial charge in [-0.2, -0.15) is 0 Å². The first kappa shape index (κ1) is 19.6. The number of ether oxygens (including phenoxy) is 3. The highest BCUT2D eigenvalue weighted by Crippen LogP contribution is 2.37. The molecule has 1 rings (SSSR count). The largest absolute Gasteiger partial charge is 0.502 e. The number of hydrogen-bond acceptors (Lipinski definition) is 8. The van der Waals surface area contributed by atoms with Gasteiger partial charge in [0.15, 0.2) is 11.5 Å². The fourth-order valence-corrected chi connectivity index (χ4v) is 2.63. The number of rotatable bonds is 7. The van der Waals surface area contributed by atoms with Gasteiger partial charge in [0.2, 0.25) is 16.8 Å². The standard InChI is InChI=1S/C15H19NO7S/c1-8(17)16-10(14(19)23-4)7-24-15(20)9-5-11(21-2)13(18)12(6-9)22-3/h5-6,10,18H,7H2,1-4H3,(H,16,17). The molecule has 0 saturated carbocycles. The molecule has 1 atom stereocenters. The maximum atomic E-state index is 12.3. The van der Waals surface area contributed by atoms with E-state index in [1.807, 2.05) is 0 Å². The minimum absolute atomic E-state index is 0.00338. The number of aromatic hydroxyl groups is 1. The maximum Gasteiger partial charge on any atom is 0.329 e. The summed E-state index contributed by atoms with van der Waals surface area (Å²) in [5.41, 5.74) is 0.220. The van der Waals surface area contributed by atoms with Crippen LogP contribution in [0.1, 0.15) is 17.3 Å². The van der Waals surface area contributed by atoms with Crippen LogP contribution in [0, 0.1) is 0 Å². The molecule has 1 amide bonds. The Labute approximate surface area is 143 Å². The number of carbonyl (C=O) groups is 3. The molecule has 24 heavy (non-hydrogen) atoms. The predicted molar refractivity (Wildman–Crippen MR) is 87.6 cm³/mol. The van der Waals surface area contributed by atoms with Crippen LogP contribution in [0.4, 0.5) is 0 Å². The molecule has 0 saturated heterocycles. The molecule has 8 nitrogen and oxygen atoms in total. The van der Waals surface area contributed by atoms with Crippen LogP contribution in [0.25, 0.3) is 0 Å². The van der Waals surface area contributed by atoms with E-state index in [0.717, 1.165) is 11.8 Å². The minimum atomic E-state index is -0.942. The van der Waals surface area contributed by atoms with Crippen molar-refractivity contribution in [3.05, 3.63) is 17.7 Å². The number of benzene rings is 1. The summed E-state index contributed by atoms with van der Waals surface area (Å²) in [7, 11) is 3.89. The molecule has 0 aromatic heterocycles. The molecule has 1 aromatic carbocycles. The van der Waals surface area contributed by atoms with Crippen LogP contribution < -0.4 is 14.8 Å². The molecule has 0 heterocycles. The van der Waals surface area contributed by atoms with E-state index in [-0.39, 0.29) is 33.7 Å². The van der Waals surface area contributed by atoms with E-state index >= 15 is 0 Å². The fraction of sp³-hybridized carbons (Fsp3) is 0.400. The topological polar surface area (TPSA) is 111 Å². The van der Waals surface area contributed by atoms with Crippen LogP contribution in [0.3, 0.4) is 0 Å². The molecule has 0 aliphatic rings. The molecule has 2 N–H and O–H groups in total. The molecule has 0 aliphatic heterocycles. The van der Waals surface area contributed by atoms with E-state index in [1.54, 1.807) is 0 Å². The lowest BCUT2D eigenvalue weighted by molar-refractivity contribution is -0.144. The van der Waals surface area contributed by atoms with Crippen LogP contribution in [0.2, 0.25) is 0 Å². The summed E-state index contributed by atoms with van der Waals surface area (Å²) in [6.45, 7) is 1.26. The molecule has 0 radical (unpaired) electrons. The Morgan fingerprint density at radius 1 is 1.17 bits per heavy atom. The Bertz CT molecular complexity index is 607. The second-order valence-electron chi connectivity index (χ2n) is 4.60. The first-order valence-corrected chi connectivity index (χ1v) is 7.79. The molecule has 0 aliphatic carbocycles. The zero-order chi connectivity index (χ0) is 18.3. The van der Waals surface area contributed by atoms with Crippen molar-refractivity contribution in [2.75, 3.05) is 27.1 Å². The van der Waals surface area contributed by atoms with Gasteiger partial charge < -0.3 is 24.6 Å². The minimum Gasteiger partial charge on any atom is -0.502 e. The van der Waals surface area contributed by atoms with Crippen molar-refractivity contribution in [2.45, 2.75) is 13.0 Å². The number of nitrogens with one attached hydrogen (secondary N) is 1. The van der Waals surface area contributed by atoms with Gasteiger partial charge in [-0.1, -0.05) is 11.8 Å². The molecule has 0 spiro atoms. The molecule has 9 heteroatoms. The number of thioether (sulfide) groups is 1. The summed E-state index contributed by atoms with van der Waals surface area (Å²) in [4.78, 5) is 35.0. The third-order valence-corrected chi connectivity index (χ3v) is 3.96. The highest BCUT2D eigenvalue weighted by Gasteiger charge is 2.23. The van der Waals surface area contributed by atoms with Crippen molar-refractivity contribution in [1.82, 2.24) is 5.32 Å². The van der Waals surface area contributed by atoms with Crippen LogP contribution in [0.15, 0.2) is 12.1 Å². The van der Waals surface area contributed by atoms with Gasteiger partial charge in [0.25, 0.3) is 0 Å². The highest BCUT2D eigenvalue weighted by atomic mass is 32.2. The maximum absolute atomic E-state index is 12.3. The van der Waals surface area contributed by atoms with Crippen molar-refractivity contribution in [3.63, 3.8) is 0 Å². The normalized spacial score (nSPS) is 11.3. The molecule has 1 aromatic rings. The van der Waals surface area contributed by atoms with Gasteiger partial charge in [-0.05, 0) is 12.1 Å². The SMILES string of the molecule is COC(=O)C(CSC(=O)c1cc(OC)c(O)c(OC)c1)NC(C)=O. The van der Waals surface area contributed by atoms with E-state index in [2.05, 4.69) is 10.1 Å². The van der Waals surface area contributed by atoms with E-state index in [0.29, 0.717) is 0 Å². The van der Waals surface area contributed by atoms with Gasteiger partial charge in [-0.15, -0.1) is 0 Å². The lowest BCUT2D eigenvalue weighted by Crippen LogP contribution is -2.42. The van der Waals surface area contributed by atoms with Crippen LogP contribution in [-0.2, 0) is 14.3 Å². The van der Waals surface area contributed by atoms with E-state index in [1.165, 1.54) is 40.4 Å². The molecule has 0 fully saturated rings. The van der Waals surface area contributed by atoms with Crippen LogP contribution >= 0.6 is 11.8 Å². The number of hydrogen-bond donors (Lipinski definition) is 2. The van der Waals surface area contributed by atoms with E-state index in [4.69, 9.17) is 9.47 Å². The Morgan fingerprint density at radius 3 is 2.12 bits per heavy atom. The number of phenols is 1. The van der Waals surface area contributed by atoms with Crippen molar-refractivity contribution in [2.24, 2.45) is 0 Å². The summed E-state index contributed by atoms with van der Waals surface area (Å²) in [6, 6.07) is 1.78. The summed E-state index contributed by atoms with van der Waals surface area (Å²) >= 11 is 0.820. The van der Waals surface area contributed by atoms with Gasteiger partial charge in [0.05, 0.1) is 21.3 Å². The summed E-state index contributed by atoms with van der Waals surface area (Å²) in [5, 5.41) is 11.9. The zero-order valence-corrected chi connectivity index (χ0v) is 14.6. The third kappa shape index (κ3) is 5.05. The van der Waals surface area contributed by atoms with Crippen LogP contribution in [0.5, 0.6) is 17.2 Å². The van der Waals surface area contributed by atoms with E-state index < -0.39 is 17.9 Å². The number of esters is 1. The smallest absolute Gasteiger partial charge is 0.329 e. The Kier molecular flexibility index (Phi) is 7.37. The lowest BCUT2D eigenvalue weighted by atomic mass is 10.2. The van der Waals surface area contributed by atoms with Gasteiger partial charge in [-0.3, -0.25) is 9.59 Å². The first-order valence-electron chi connectivity index (χ1n) is 6.81. The van der Waals surface area contributed by atoms with Gasteiger partial charge >= 0.3 is 5.97 Å². The predicted octanol–water partition coefficient (Wildman–Crippen LogP) is 0.960. The van der Waals surface area contributed by atoms with Crippen molar-refractivity contribution in [3.8, 4) is 17.2 Å². The number of methoxy groups -OCH3 is 3. The molecule has 1 unspecified atom stereocenters. The fourth-order valence-electron chi connectivity index (χ4n) is 1.81. The number of carbonyl (C=O) groups excluding carboxylic acids is 3. The Balaban J connectivity index is 2.90. The van der Waals surface area contributed by atoms with Crippen LogP contribution in [-0.4, -0.2) is 55.2 Å². The summed E-state index contributed by atoms with van der Waals surface area (Å²) < 4.78 is 14.6. The van der Waals surface area contributed by atoms with Gasteiger partial charge in [0.1, 0.15) is 6.04 Å². The zero-order valence-electron chi connectivity index (χ0n) is 13.7. The number of amides is 1. The molecule has 0 bridgehead atoms. The monoisotopic (exact) mass is 357 g/mol. The quantitative estimate of drug-likeness (QED) is 0.694.